The Balaban J connectivity index is 1.41. The van der Waals surface area contributed by atoms with Crippen LogP contribution in [-0.4, -0.2) is 24.9 Å². The lowest BCUT2D eigenvalue weighted by molar-refractivity contribution is -0.167. The monoisotopic (exact) mass is 481 g/mol. The summed E-state index contributed by atoms with van der Waals surface area (Å²) in [7, 11) is 0. The molecule has 1 aliphatic heterocycles. The molecule has 2 atom stereocenters. The van der Waals surface area contributed by atoms with Crippen molar-refractivity contribution in [3.63, 3.8) is 0 Å². The summed E-state index contributed by atoms with van der Waals surface area (Å²) < 4.78 is 19.7. The average Bonchev–Trinajstić information content (AvgIpc) is 2.89. The second kappa shape index (κ2) is 10.7. The Kier molecular flexibility index (Phi) is 7.26. The molecule has 0 bridgehead atoms. The minimum atomic E-state index is -0.555. The molecule has 1 N–H and O–H groups in total. The van der Waals surface area contributed by atoms with Gasteiger partial charge >= 0.3 is 0 Å². The summed E-state index contributed by atoms with van der Waals surface area (Å²) in [6, 6.07) is 31.6. The summed E-state index contributed by atoms with van der Waals surface area (Å²) in [4.78, 5) is 0. The van der Waals surface area contributed by atoms with Gasteiger partial charge in [-0.2, -0.15) is 0 Å². The molecule has 0 aliphatic carbocycles. The highest BCUT2D eigenvalue weighted by Crippen LogP contribution is 2.44. The van der Waals surface area contributed by atoms with E-state index >= 15 is 0 Å². The first kappa shape index (κ1) is 24.4. The number of hydrogen-bond acceptors (Lipinski definition) is 4. The molecule has 1 aliphatic rings. The van der Waals surface area contributed by atoms with E-state index in [1.165, 1.54) is 16.3 Å². The zero-order valence-electron chi connectivity index (χ0n) is 21.4. The number of benzene rings is 4. The van der Waals surface area contributed by atoms with Gasteiger partial charge in [0.15, 0.2) is 0 Å². The van der Waals surface area contributed by atoms with Crippen LogP contribution in [0.2, 0.25) is 0 Å². The van der Waals surface area contributed by atoms with Gasteiger partial charge in [0.1, 0.15) is 23.6 Å². The van der Waals surface area contributed by atoms with Gasteiger partial charge in [0.25, 0.3) is 0 Å². The fourth-order valence-electron chi connectivity index (χ4n) is 4.98. The highest BCUT2D eigenvalue weighted by molar-refractivity contribution is 5.82. The van der Waals surface area contributed by atoms with Gasteiger partial charge in [-0.15, -0.1) is 0 Å². The van der Waals surface area contributed by atoms with E-state index in [1.54, 1.807) is 0 Å². The van der Waals surface area contributed by atoms with Gasteiger partial charge in [-0.1, -0.05) is 66.7 Å². The van der Waals surface area contributed by atoms with Crippen molar-refractivity contribution < 1.29 is 14.2 Å². The molecule has 1 heterocycles. The molecule has 186 valence electrons. The largest absolute Gasteiger partial charge is 0.485 e. The van der Waals surface area contributed by atoms with Gasteiger partial charge in [-0.25, -0.2) is 0 Å². The quantitative estimate of drug-likeness (QED) is 0.272. The lowest BCUT2D eigenvalue weighted by Crippen LogP contribution is -2.51. The van der Waals surface area contributed by atoms with Crippen LogP contribution in [0.5, 0.6) is 5.75 Å². The van der Waals surface area contributed by atoms with Gasteiger partial charge in [0.2, 0.25) is 0 Å². The summed E-state index contributed by atoms with van der Waals surface area (Å²) >= 11 is 0. The number of hydrogen-bond donors (Lipinski definition) is 1. The molecule has 0 saturated heterocycles. The van der Waals surface area contributed by atoms with E-state index in [0.29, 0.717) is 13.2 Å². The van der Waals surface area contributed by atoms with Crippen LogP contribution in [0.15, 0.2) is 91.0 Å². The summed E-state index contributed by atoms with van der Waals surface area (Å²) in [5, 5.41) is 5.87. The van der Waals surface area contributed by atoms with Crippen LogP contribution in [0.25, 0.3) is 10.8 Å². The fourth-order valence-corrected chi connectivity index (χ4v) is 4.98. The van der Waals surface area contributed by atoms with Gasteiger partial charge in [0, 0.05) is 17.8 Å². The molecule has 4 aromatic carbocycles. The van der Waals surface area contributed by atoms with Gasteiger partial charge < -0.3 is 19.5 Å². The van der Waals surface area contributed by atoms with E-state index in [2.05, 4.69) is 105 Å². The minimum absolute atomic E-state index is 0.244. The molecule has 2 unspecified atom stereocenters. The number of rotatable bonds is 9. The number of ether oxygens (including phenoxy) is 3. The average molecular weight is 482 g/mol. The smallest absolute Gasteiger partial charge is 0.132 e. The molecule has 4 aromatic rings. The van der Waals surface area contributed by atoms with Crippen LogP contribution in [0.1, 0.15) is 43.6 Å². The maximum atomic E-state index is 6.63. The topological polar surface area (TPSA) is 39.7 Å². The SMILES string of the molecule is CCNc1ccc2c(c1)C(OCCc1ccccc1)C(OCc1ccc3ccccc3c1)C(C)(C)O2. The molecule has 0 radical (unpaired) electrons. The van der Waals surface area contributed by atoms with Crippen molar-refractivity contribution in [1.82, 2.24) is 0 Å². The number of nitrogens with one attached hydrogen (secondary N) is 1. The van der Waals surface area contributed by atoms with Gasteiger partial charge in [0.05, 0.1) is 13.2 Å². The Hall–Kier alpha value is -3.34. The highest BCUT2D eigenvalue weighted by atomic mass is 16.6. The Morgan fingerprint density at radius 3 is 2.39 bits per heavy atom. The molecule has 36 heavy (non-hydrogen) atoms. The van der Waals surface area contributed by atoms with Crippen LogP contribution in [0.3, 0.4) is 0 Å². The van der Waals surface area contributed by atoms with Gasteiger partial charge in [-0.05, 0) is 73.4 Å². The van der Waals surface area contributed by atoms with Crippen molar-refractivity contribution in [2.45, 2.75) is 51.6 Å². The maximum Gasteiger partial charge on any atom is 0.132 e. The maximum absolute atomic E-state index is 6.63. The summed E-state index contributed by atoms with van der Waals surface area (Å²) in [6.07, 6.45) is 0.328. The van der Waals surface area contributed by atoms with Crippen molar-refractivity contribution in [1.29, 1.82) is 0 Å². The summed E-state index contributed by atoms with van der Waals surface area (Å²) in [6.45, 7) is 8.23. The third kappa shape index (κ3) is 5.40. The van der Waals surface area contributed by atoms with E-state index in [1.807, 2.05) is 12.1 Å². The molecule has 5 rings (SSSR count). The van der Waals surface area contributed by atoms with Crippen LogP contribution in [-0.2, 0) is 22.5 Å². The lowest BCUT2D eigenvalue weighted by Gasteiger charge is -2.44. The second-order valence-corrected chi connectivity index (χ2v) is 9.93. The lowest BCUT2D eigenvalue weighted by atomic mass is 9.87. The molecular formula is C32H35NO3. The summed E-state index contributed by atoms with van der Waals surface area (Å²) in [5.41, 5.74) is 3.94. The third-order valence-corrected chi connectivity index (χ3v) is 6.80. The molecule has 4 heteroatoms. The van der Waals surface area contributed by atoms with Crippen molar-refractivity contribution in [2.75, 3.05) is 18.5 Å². The molecular weight excluding hydrogens is 446 g/mol. The summed E-state index contributed by atoms with van der Waals surface area (Å²) in [5.74, 6) is 0.858. The van der Waals surface area contributed by atoms with E-state index in [0.717, 1.165) is 35.5 Å². The molecule has 4 nitrogen and oxygen atoms in total. The Bertz CT molecular complexity index is 1300. The highest BCUT2D eigenvalue weighted by Gasteiger charge is 2.45. The van der Waals surface area contributed by atoms with Crippen LogP contribution in [0.4, 0.5) is 5.69 Å². The zero-order chi connectivity index (χ0) is 25.0. The molecule has 0 spiro atoms. The first-order valence-corrected chi connectivity index (χ1v) is 12.8. The van der Waals surface area contributed by atoms with Crippen molar-refractivity contribution in [3.05, 3.63) is 108 Å². The van der Waals surface area contributed by atoms with Crippen LogP contribution >= 0.6 is 0 Å². The third-order valence-electron chi connectivity index (χ3n) is 6.80. The Morgan fingerprint density at radius 1 is 0.806 bits per heavy atom. The van der Waals surface area contributed by atoms with Crippen LogP contribution in [0, 0.1) is 0 Å². The van der Waals surface area contributed by atoms with Crippen molar-refractivity contribution in [3.8, 4) is 5.75 Å². The van der Waals surface area contributed by atoms with E-state index in [4.69, 9.17) is 14.2 Å². The van der Waals surface area contributed by atoms with Crippen molar-refractivity contribution in [2.24, 2.45) is 0 Å². The molecule has 0 saturated carbocycles. The number of fused-ring (bicyclic) bond motifs is 2. The second-order valence-electron chi connectivity index (χ2n) is 9.93. The van der Waals surface area contributed by atoms with Gasteiger partial charge in [-0.3, -0.25) is 0 Å². The normalized spacial score (nSPS) is 18.4. The number of anilines is 1. The molecule has 0 fully saturated rings. The standard InChI is InChI=1S/C32H35NO3/c1-4-33-27-16-17-29-28(21-27)30(34-19-18-23-10-6-5-7-11-23)31(32(2,3)36-29)35-22-24-14-15-25-12-8-9-13-26(25)20-24/h5-17,20-21,30-31,33H,4,18-19,22H2,1-3H3. The fraction of sp³-hybridized carbons (Fsp3) is 0.312. The molecule has 0 aromatic heterocycles. The Morgan fingerprint density at radius 2 is 1.58 bits per heavy atom. The van der Waals surface area contributed by atoms with Crippen molar-refractivity contribution >= 4 is 16.5 Å². The van der Waals surface area contributed by atoms with E-state index < -0.39 is 5.60 Å². The van der Waals surface area contributed by atoms with Crippen LogP contribution < -0.4 is 10.1 Å². The zero-order valence-corrected chi connectivity index (χ0v) is 21.4. The van der Waals surface area contributed by atoms with E-state index in [9.17, 15) is 0 Å². The predicted octanol–water partition coefficient (Wildman–Crippen LogP) is 7.33. The minimum Gasteiger partial charge on any atom is -0.485 e. The first-order valence-electron chi connectivity index (χ1n) is 12.8. The van der Waals surface area contributed by atoms with E-state index in [-0.39, 0.29) is 12.2 Å². The predicted molar refractivity (Wildman–Crippen MR) is 147 cm³/mol. The first-order chi connectivity index (χ1) is 17.5. The molecule has 0 amide bonds. The Labute approximate surface area is 214 Å².